The number of hydrogen-bond donors (Lipinski definition) is 4. The van der Waals surface area contributed by atoms with E-state index in [1.165, 1.54) is 12.4 Å². The highest BCUT2D eigenvalue weighted by Gasteiger charge is 2.23. The molecule has 25 heavy (non-hydrogen) atoms. The van der Waals surface area contributed by atoms with Crippen molar-refractivity contribution in [3.8, 4) is 0 Å². The third-order valence-electron chi connectivity index (χ3n) is 3.10. The zero-order chi connectivity index (χ0) is 18.4. The van der Waals surface area contributed by atoms with Crippen LogP contribution in [0.2, 0.25) is 0 Å². The van der Waals surface area contributed by atoms with Gasteiger partial charge in [0, 0.05) is 17.9 Å². The molecule has 1 heterocycles. The van der Waals surface area contributed by atoms with E-state index in [1.807, 2.05) is 0 Å². The van der Waals surface area contributed by atoms with Gasteiger partial charge < -0.3 is 15.7 Å². The molecule has 0 saturated carbocycles. The summed E-state index contributed by atoms with van der Waals surface area (Å²) in [4.78, 5) is 15.7. The van der Waals surface area contributed by atoms with Gasteiger partial charge in [-0.1, -0.05) is 12.1 Å². The summed E-state index contributed by atoms with van der Waals surface area (Å²) in [5, 5.41) is 13.5. The SMILES string of the molecule is CC(C)NC(=O)S(=O)(=O)Nc1cnccc1Nc1cccc(CO)c1. The Kier molecular flexibility index (Phi) is 5.94. The number of carbonyl (C=O) groups excluding carboxylic acids is 1. The van der Waals surface area contributed by atoms with Crippen molar-refractivity contribution in [3.05, 3.63) is 48.3 Å². The van der Waals surface area contributed by atoms with Crippen molar-refractivity contribution in [1.29, 1.82) is 0 Å². The number of pyridine rings is 1. The molecule has 0 aliphatic heterocycles. The predicted molar refractivity (Wildman–Crippen MR) is 96.1 cm³/mol. The van der Waals surface area contributed by atoms with Crippen LogP contribution in [0.1, 0.15) is 19.4 Å². The fourth-order valence-electron chi connectivity index (χ4n) is 1.99. The Labute approximate surface area is 146 Å². The lowest BCUT2D eigenvalue weighted by atomic mass is 10.2. The van der Waals surface area contributed by atoms with Gasteiger partial charge in [-0.2, -0.15) is 8.42 Å². The van der Waals surface area contributed by atoms with E-state index in [0.717, 1.165) is 0 Å². The Morgan fingerprint density at radius 3 is 2.68 bits per heavy atom. The number of sulfonamides is 1. The van der Waals surface area contributed by atoms with E-state index in [4.69, 9.17) is 0 Å². The molecule has 0 unspecified atom stereocenters. The van der Waals surface area contributed by atoms with Gasteiger partial charge in [0.05, 0.1) is 24.2 Å². The van der Waals surface area contributed by atoms with Crippen molar-refractivity contribution in [2.75, 3.05) is 10.0 Å². The number of rotatable bonds is 6. The van der Waals surface area contributed by atoms with E-state index in [1.54, 1.807) is 44.2 Å². The van der Waals surface area contributed by atoms with E-state index >= 15 is 0 Å². The average molecular weight is 364 g/mol. The third kappa shape index (κ3) is 5.16. The maximum absolute atomic E-state index is 12.1. The van der Waals surface area contributed by atoms with Crippen LogP contribution in [0.25, 0.3) is 0 Å². The molecule has 0 spiro atoms. The van der Waals surface area contributed by atoms with Crippen LogP contribution in [0.4, 0.5) is 21.9 Å². The smallest absolute Gasteiger partial charge is 0.357 e. The molecule has 8 nitrogen and oxygen atoms in total. The number of hydrogen-bond acceptors (Lipinski definition) is 6. The van der Waals surface area contributed by atoms with Crippen molar-refractivity contribution in [1.82, 2.24) is 10.3 Å². The Bertz CT molecular complexity index is 853. The second-order valence-electron chi connectivity index (χ2n) is 5.60. The predicted octanol–water partition coefficient (Wildman–Crippen LogP) is 2.18. The molecule has 0 aliphatic rings. The van der Waals surface area contributed by atoms with E-state index < -0.39 is 15.3 Å². The molecule has 1 amide bonds. The summed E-state index contributed by atoms with van der Waals surface area (Å²) < 4.78 is 26.5. The molecule has 0 fully saturated rings. The number of benzene rings is 1. The van der Waals surface area contributed by atoms with Gasteiger partial charge in [-0.15, -0.1) is 0 Å². The summed E-state index contributed by atoms with van der Waals surface area (Å²) in [7, 11) is -4.26. The minimum absolute atomic E-state index is 0.110. The average Bonchev–Trinajstić information content (AvgIpc) is 2.56. The number of aliphatic hydroxyl groups is 1. The first-order valence-corrected chi connectivity index (χ1v) is 9.04. The number of nitrogens with one attached hydrogen (secondary N) is 3. The van der Waals surface area contributed by atoms with Gasteiger partial charge >= 0.3 is 15.3 Å². The Hall–Kier alpha value is -2.65. The largest absolute Gasteiger partial charge is 0.392 e. The lowest BCUT2D eigenvalue weighted by Gasteiger charge is -2.14. The van der Waals surface area contributed by atoms with Crippen molar-refractivity contribution in [3.63, 3.8) is 0 Å². The second-order valence-corrected chi connectivity index (χ2v) is 7.18. The van der Waals surface area contributed by atoms with Gasteiger partial charge in [0.25, 0.3) is 0 Å². The topological polar surface area (TPSA) is 120 Å². The number of anilines is 3. The molecule has 0 atom stereocenters. The number of aliphatic hydroxyl groups excluding tert-OH is 1. The Morgan fingerprint density at radius 1 is 1.24 bits per heavy atom. The fourth-order valence-corrected chi connectivity index (χ4v) is 2.93. The molecular weight excluding hydrogens is 344 g/mol. The highest BCUT2D eigenvalue weighted by molar-refractivity contribution is 8.07. The zero-order valence-electron chi connectivity index (χ0n) is 13.9. The molecule has 9 heteroatoms. The lowest BCUT2D eigenvalue weighted by Crippen LogP contribution is -2.37. The molecule has 134 valence electrons. The molecule has 0 aliphatic carbocycles. The van der Waals surface area contributed by atoms with Gasteiger partial charge in [0.15, 0.2) is 0 Å². The summed E-state index contributed by atoms with van der Waals surface area (Å²) in [5.41, 5.74) is 1.92. The van der Waals surface area contributed by atoms with Crippen LogP contribution in [0.15, 0.2) is 42.7 Å². The lowest BCUT2D eigenvalue weighted by molar-refractivity contribution is 0.256. The molecule has 1 aromatic heterocycles. The molecule has 4 N–H and O–H groups in total. The van der Waals surface area contributed by atoms with E-state index in [9.17, 15) is 18.3 Å². The third-order valence-corrected chi connectivity index (χ3v) is 4.20. The Balaban J connectivity index is 2.24. The molecule has 1 aromatic carbocycles. The quantitative estimate of drug-likeness (QED) is 0.623. The summed E-state index contributed by atoms with van der Waals surface area (Å²) >= 11 is 0. The normalized spacial score (nSPS) is 11.2. The first-order valence-electron chi connectivity index (χ1n) is 7.56. The molecular formula is C16H20N4O4S. The summed E-state index contributed by atoms with van der Waals surface area (Å²) in [6, 6.07) is 8.28. The maximum Gasteiger partial charge on any atom is 0.357 e. The van der Waals surface area contributed by atoms with Gasteiger partial charge in [0.1, 0.15) is 0 Å². The van der Waals surface area contributed by atoms with Crippen LogP contribution in [0.5, 0.6) is 0 Å². The second kappa shape index (κ2) is 7.95. The minimum Gasteiger partial charge on any atom is -0.392 e. The van der Waals surface area contributed by atoms with Gasteiger partial charge in [-0.05, 0) is 37.6 Å². The van der Waals surface area contributed by atoms with Crippen LogP contribution < -0.4 is 15.4 Å². The van der Waals surface area contributed by atoms with Crippen molar-refractivity contribution in [2.24, 2.45) is 0 Å². The van der Waals surface area contributed by atoms with E-state index in [-0.39, 0.29) is 18.3 Å². The molecule has 0 saturated heterocycles. The van der Waals surface area contributed by atoms with Crippen molar-refractivity contribution in [2.45, 2.75) is 26.5 Å². The zero-order valence-corrected chi connectivity index (χ0v) is 14.7. The number of aromatic nitrogens is 1. The first kappa shape index (κ1) is 18.7. The standard InChI is InChI=1S/C16H20N4O4S/c1-11(2)18-16(22)25(23,24)20-15-9-17-7-6-14(15)19-13-5-3-4-12(8-13)10-21/h3-9,11,20-21H,10H2,1-2H3,(H,17,19)(H,18,22). The monoisotopic (exact) mass is 364 g/mol. The molecule has 0 bridgehead atoms. The van der Waals surface area contributed by atoms with Gasteiger partial charge in [0.2, 0.25) is 0 Å². The van der Waals surface area contributed by atoms with Crippen LogP contribution in [0, 0.1) is 0 Å². The summed E-state index contributed by atoms with van der Waals surface area (Å²) in [5.74, 6) is 0. The highest BCUT2D eigenvalue weighted by atomic mass is 32.2. The van der Waals surface area contributed by atoms with Crippen LogP contribution >= 0.6 is 0 Å². The van der Waals surface area contributed by atoms with Crippen LogP contribution in [0.3, 0.4) is 0 Å². The first-order chi connectivity index (χ1) is 11.8. The summed E-state index contributed by atoms with van der Waals surface area (Å²) in [6.45, 7) is 3.22. The van der Waals surface area contributed by atoms with Crippen LogP contribution in [-0.2, 0) is 16.6 Å². The van der Waals surface area contributed by atoms with Gasteiger partial charge in [-0.25, -0.2) is 0 Å². The number of amides is 1. The van der Waals surface area contributed by atoms with Crippen molar-refractivity contribution >= 4 is 32.3 Å². The summed E-state index contributed by atoms with van der Waals surface area (Å²) in [6.07, 6.45) is 2.79. The number of nitrogens with zero attached hydrogens (tertiary/aromatic N) is 1. The van der Waals surface area contributed by atoms with Crippen LogP contribution in [-0.4, -0.2) is 29.8 Å². The highest BCUT2D eigenvalue weighted by Crippen LogP contribution is 2.25. The molecule has 2 aromatic rings. The molecule has 0 radical (unpaired) electrons. The Morgan fingerprint density at radius 2 is 2.00 bits per heavy atom. The number of carbonyl (C=O) groups is 1. The van der Waals surface area contributed by atoms with E-state index in [0.29, 0.717) is 16.9 Å². The van der Waals surface area contributed by atoms with Crippen molar-refractivity contribution < 1.29 is 18.3 Å². The molecule has 2 rings (SSSR count). The fraction of sp³-hybridized carbons (Fsp3) is 0.250. The van der Waals surface area contributed by atoms with Gasteiger partial charge in [-0.3, -0.25) is 14.5 Å². The minimum atomic E-state index is -4.26. The maximum atomic E-state index is 12.1. The van der Waals surface area contributed by atoms with E-state index in [2.05, 4.69) is 20.3 Å².